The van der Waals surface area contributed by atoms with Crippen LogP contribution in [0, 0.1) is 6.92 Å². The van der Waals surface area contributed by atoms with Gasteiger partial charge in [-0.3, -0.25) is 5.10 Å². The molecule has 0 aliphatic carbocycles. The molecule has 0 amide bonds. The Morgan fingerprint density at radius 3 is 2.33 bits per heavy atom. The highest BCUT2D eigenvalue weighted by molar-refractivity contribution is 5.30. The summed E-state index contributed by atoms with van der Waals surface area (Å²) in [5.74, 6) is 0. The van der Waals surface area contributed by atoms with E-state index in [-0.39, 0.29) is 12.0 Å². The quantitative estimate of drug-likeness (QED) is 0.667. The Balaban J connectivity index is 3.19. The molecule has 1 aromatic heterocycles. The minimum Gasteiger partial charge on any atom is -0.390 e. The normalized spacial score (nSPS) is 12.1. The van der Waals surface area contributed by atoms with E-state index in [9.17, 15) is 0 Å². The van der Waals surface area contributed by atoms with E-state index in [1.54, 1.807) is 0 Å². The van der Waals surface area contributed by atoms with Gasteiger partial charge in [-0.15, -0.1) is 0 Å². The van der Waals surface area contributed by atoms with Crippen molar-refractivity contribution in [3.63, 3.8) is 0 Å². The zero-order valence-electron chi connectivity index (χ0n) is 8.10. The van der Waals surface area contributed by atoms with E-state index in [1.807, 2.05) is 6.92 Å². The van der Waals surface area contributed by atoms with Crippen molar-refractivity contribution in [1.29, 1.82) is 0 Å². The topological polar surface area (TPSA) is 48.9 Å². The lowest BCUT2D eigenvalue weighted by Gasteiger charge is -2.19. The van der Waals surface area contributed by atoms with Gasteiger partial charge < -0.3 is 5.11 Å². The van der Waals surface area contributed by atoms with E-state index in [0.717, 1.165) is 17.0 Å². The van der Waals surface area contributed by atoms with Crippen LogP contribution in [0.4, 0.5) is 0 Å². The fraction of sp³-hybridized carbons (Fsp3) is 0.667. The van der Waals surface area contributed by atoms with E-state index in [2.05, 4.69) is 31.0 Å². The fourth-order valence-corrected chi connectivity index (χ4v) is 1.59. The lowest BCUT2D eigenvalue weighted by atomic mass is 9.85. The molecule has 0 atom stereocenters. The van der Waals surface area contributed by atoms with Gasteiger partial charge >= 0.3 is 0 Å². The SMILES string of the molecule is Cc1[nH]nc(CO)c1C(C)(C)C. The molecule has 2 N–H and O–H groups in total. The van der Waals surface area contributed by atoms with Crippen LogP contribution in [0.25, 0.3) is 0 Å². The highest BCUT2D eigenvalue weighted by atomic mass is 16.3. The van der Waals surface area contributed by atoms with Gasteiger partial charge in [-0.1, -0.05) is 20.8 Å². The first kappa shape index (κ1) is 9.26. The van der Waals surface area contributed by atoms with Crippen LogP contribution in [0.1, 0.15) is 37.7 Å². The zero-order chi connectivity index (χ0) is 9.35. The van der Waals surface area contributed by atoms with Crippen molar-refractivity contribution in [3.05, 3.63) is 17.0 Å². The lowest BCUT2D eigenvalue weighted by Crippen LogP contribution is -2.14. The summed E-state index contributed by atoms with van der Waals surface area (Å²) >= 11 is 0. The number of nitrogens with zero attached hydrogens (tertiary/aromatic N) is 1. The van der Waals surface area contributed by atoms with Gasteiger partial charge in [0.1, 0.15) is 0 Å². The maximum Gasteiger partial charge on any atom is 0.0916 e. The molecule has 1 heterocycles. The van der Waals surface area contributed by atoms with E-state index >= 15 is 0 Å². The number of nitrogens with one attached hydrogen (secondary N) is 1. The zero-order valence-corrected chi connectivity index (χ0v) is 8.10. The highest BCUT2D eigenvalue weighted by Gasteiger charge is 2.22. The van der Waals surface area contributed by atoms with Crippen LogP contribution in [-0.2, 0) is 12.0 Å². The van der Waals surface area contributed by atoms with Gasteiger partial charge in [0, 0.05) is 11.3 Å². The molecule has 3 nitrogen and oxygen atoms in total. The molecule has 68 valence electrons. The molecule has 0 aliphatic heterocycles. The van der Waals surface area contributed by atoms with Crippen molar-refractivity contribution in [3.8, 4) is 0 Å². The van der Waals surface area contributed by atoms with Crippen molar-refractivity contribution in [2.75, 3.05) is 0 Å². The van der Waals surface area contributed by atoms with E-state index < -0.39 is 0 Å². The number of rotatable bonds is 1. The molecule has 0 unspecified atom stereocenters. The fourth-order valence-electron chi connectivity index (χ4n) is 1.59. The molecular formula is C9H16N2O. The van der Waals surface area contributed by atoms with Crippen LogP contribution in [0.2, 0.25) is 0 Å². The predicted octanol–water partition coefficient (Wildman–Crippen LogP) is 1.51. The Morgan fingerprint density at radius 1 is 1.42 bits per heavy atom. The number of aliphatic hydroxyl groups is 1. The van der Waals surface area contributed by atoms with Gasteiger partial charge in [-0.2, -0.15) is 5.10 Å². The van der Waals surface area contributed by atoms with Crippen LogP contribution in [0.5, 0.6) is 0 Å². The van der Waals surface area contributed by atoms with Gasteiger partial charge in [0.2, 0.25) is 0 Å². The van der Waals surface area contributed by atoms with Gasteiger partial charge in [0.05, 0.1) is 12.3 Å². The van der Waals surface area contributed by atoms with Crippen molar-refractivity contribution >= 4 is 0 Å². The Morgan fingerprint density at radius 2 is 2.00 bits per heavy atom. The lowest BCUT2D eigenvalue weighted by molar-refractivity contribution is 0.273. The summed E-state index contributed by atoms with van der Waals surface area (Å²) in [7, 11) is 0. The Hall–Kier alpha value is -0.830. The second kappa shape index (κ2) is 2.90. The van der Waals surface area contributed by atoms with Crippen LogP contribution < -0.4 is 0 Å². The number of aromatic nitrogens is 2. The Labute approximate surface area is 72.8 Å². The first-order valence-electron chi connectivity index (χ1n) is 4.12. The highest BCUT2D eigenvalue weighted by Crippen LogP contribution is 2.27. The molecular weight excluding hydrogens is 152 g/mol. The maximum atomic E-state index is 9.01. The third kappa shape index (κ3) is 1.50. The smallest absolute Gasteiger partial charge is 0.0916 e. The number of H-pyrrole nitrogens is 1. The summed E-state index contributed by atoms with van der Waals surface area (Å²) < 4.78 is 0. The summed E-state index contributed by atoms with van der Waals surface area (Å²) in [5.41, 5.74) is 2.99. The van der Waals surface area contributed by atoms with Gasteiger partial charge in [-0.05, 0) is 12.3 Å². The molecule has 3 heteroatoms. The van der Waals surface area contributed by atoms with Crippen LogP contribution >= 0.6 is 0 Å². The van der Waals surface area contributed by atoms with E-state index in [1.165, 1.54) is 0 Å². The molecule has 1 aromatic rings. The summed E-state index contributed by atoms with van der Waals surface area (Å²) in [6.45, 7) is 8.34. The molecule has 12 heavy (non-hydrogen) atoms. The third-order valence-corrected chi connectivity index (χ3v) is 1.92. The van der Waals surface area contributed by atoms with Gasteiger partial charge in [0.15, 0.2) is 0 Å². The van der Waals surface area contributed by atoms with Gasteiger partial charge in [0.25, 0.3) is 0 Å². The van der Waals surface area contributed by atoms with Crippen LogP contribution in [0.15, 0.2) is 0 Å². The molecule has 0 aromatic carbocycles. The second-order valence-electron chi connectivity index (χ2n) is 4.08. The van der Waals surface area contributed by atoms with Gasteiger partial charge in [-0.25, -0.2) is 0 Å². The molecule has 0 saturated heterocycles. The van der Waals surface area contributed by atoms with Crippen LogP contribution in [0.3, 0.4) is 0 Å². The number of aromatic amines is 1. The molecule has 0 saturated carbocycles. The minimum absolute atomic E-state index is 0.0109. The largest absolute Gasteiger partial charge is 0.390 e. The molecule has 0 spiro atoms. The third-order valence-electron chi connectivity index (χ3n) is 1.92. The first-order valence-corrected chi connectivity index (χ1v) is 4.12. The molecule has 0 fully saturated rings. The number of aryl methyl sites for hydroxylation is 1. The predicted molar refractivity (Wildman–Crippen MR) is 47.9 cm³/mol. The number of hydrogen-bond acceptors (Lipinski definition) is 2. The van der Waals surface area contributed by atoms with Crippen molar-refractivity contribution in [2.24, 2.45) is 0 Å². The first-order chi connectivity index (χ1) is 5.46. The average molecular weight is 168 g/mol. The Bertz CT molecular complexity index is 271. The number of hydrogen-bond donors (Lipinski definition) is 2. The van der Waals surface area contributed by atoms with Crippen molar-refractivity contribution in [2.45, 2.75) is 39.7 Å². The van der Waals surface area contributed by atoms with E-state index in [0.29, 0.717) is 0 Å². The standard InChI is InChI=1S/C9H16N2O/c1-6-8(9(2,3)4)7(5-12)11-10-6/h12H,5H2,1-4H3,(H,10,11). The molecule has 0 bridgehead atoms. The molecule has 1 rings (SSSR count). The second-order valence-corrected chi connectivity index (χ2v) is 4.08. The van der Waals surface area contributed by atoms with E-state index in [4.69, 9.17) is 5.11 Å². The Kier molecular flexibility index (Phi) is 2.24. The maximum absolute atomic E-state index is 9.01. The van der Waals surface area contributed by atoms with Crippen molar-refractivity contribution in [1.82, 2.24) is 10.2 Å². The summed E-state index contributed by atoms with van der Waals surface area (Å²) in [6, 6.07) is 0. The monoisotopic (exact) mass is 168 g/mol. The summed E-state index contributed by atoms with van der Waals surface area (Å²) in [5, 5.41) is 15.9. The number of aliphatic hydroxyl groups excluding tert-OH is 1. The average Bonchev–Trinajstić information content (AvgIpc) is 2.29. The summed E-state index contributed by atoms with van der Waals surface area (Å²) in [4.78, 5) is 0. The summed E-state index contributed by atoms with van der Waals surface area (Å²) in [6.07, 6.45) is 0. The molecule has 0 radical (unpaired) electrons. The molecule has 0 aliphatic rings. The van der Waals surface area contributed by atoms with Crippen LogP contribution in [-0.4, -0.2) is 15.3 Å². The van der Waals surface area contributed by atoms with Crippen molar-refractivity contribution < 1.29 is 5.11 Å². The minimum atomic E-state index is 0.0109.